The third-order valence-corrected chi connectivity index (χ3v) is 1.45. The number of rotatable bonds is 5. The lowest BCUT2D eigenvalue weighted by Crippen LogP contribution is -2.42. The molecule has 0 aliphatic rings. The zero-order valence-electron chi connectivity index (χ0n) is 7.72. The van der Waals surface area contributed by atoms with Crippen LogP contribution in [-0.2, 0) is 19.1 Å². The molecule has 0 heterocycles. The second-order valence-corrected chi connectivity index (χ2v) is 3.36. The maximum Gasteiger partial charge on any atom is 0.340 e. The molecule has 0 bridgehead atoms. The first-order valence-electron chi connectivity index (χ1n) is 3.91. The topological polar surface area (TPSA) is 93.1 Å². The molecule has 0 radical (unpaired) electrons. The number of hydrogen-bond acceptors (Lipinski definition) is 6. The highest BCUT2D eigenvalue weighted by Crippen LogP contribution is 2.07. The van der Waals surface area contributed by atoms with E-state index in [1.807, 2.05) is 0 Å². The first kappa shape index (κ1) is 14.4. The molecule has 0 amide bonds. The number of halogens is 2. The number of carbonyl (C=O) groups is 2. The molecule has 8 heteroatoms. The minimum Gasteiger partial charge on any atom is -0.464 e. The molecule has 0 rings (SSSR count). The van der Waals surface area contributed by atoms with E-state index in [0.29, 0.717) is 0 Å². The number of hydrogen-bond donors (Lipinski definition) is 2. The highest BCUT2D eigenvalue weighted by atomic mass is 35.5. The van der Waals surface area contributed by atoms with Crippen LogP contribution in [0.25, 0.3) is 0 Å². The number of alkyl halides is 2. The van der Waals surface area contributed by atoms with Crippen molar-refractivity contribution in [3.63, 3.8) is 0 Å². The van der Waals surface area contributed by atoms with E-state index in [4.69, 9.17) is 33.4 Å². The number of esters is 2. The standard InChI is InChI=1S/C7H10Cl2O6/c1-2-14-5(12)3(10)4(11)6(13)15-7(8)9/h3-4,7,10-11H,2H2,1H3. The van der Waals surface area contributed by atoms with Crippen LogP contribution in [0.1, 0.15) is 6.92 Å². The van der Waals surface area contributed by atoms with Gasteiger partial charge in [0.25, 0.3) is 5.02 Å². The van der Waals surface area contributed by atoms with Gasteiger partial charge >= 0.3 is 11.9 Å². The maximum atomic E-state index is 10.9. The van der Waals surface area contributed by atoms with Crippen molar-refractivity contribution in [2.24, 2.45) is 0 Å². The Morgan fingerprint density at radius 2 is 1.67 bits per heavy atom. The second-order valence-electron chi connectivity index (χ2n) is 2.34. The first-order valence-corrected chi connectivity index (χ1v) is 4.78. The van der Waals surface area contributed by atoms with Crippen LogP contribution in [0.15, 0.2) is 0 Å². The van der Waals surface area contributed by atoms with Crippen LogP contribution < -0.4 is 0 Å². The molecule has 2 N–H and O–H groups in total. The van der Waals surface area contributed by atoms with Crippen LogP contribution in [0, 0.1) is 0 Å². The molecule has 0 spiro atoms. The molecule has 6 nitrogen and oxygen atoms in total. The first-order chi connectivity index (χ1) is 6.90. The number of ether oxygens (including phenoxy) is 2. The van der Waals surface area contributed by atoms with Crippen molar-refractivity contribution in [3.8, 4) is 0 Å². The molecular formula is C7H10Cl2O6. The largest absolute Gasteiger partial charge is 0.464 e. The van der Waals surface area contributed by atoms with E-state index in [2.05, 4.69) is 9.47 Å². The summed E-state index contributed by atoms with van der Waals surface area (Å²) in [5, 5.41) is 16.7. The Hall–Kier alpha value is -0.560. The fourth-order valence-electron chi connectivity index (χ4n) is 0.643. The van der Waals surface area contributed by atoms with E-state index in [0.717, 1.165) is 0 Å². The number of aliphatic hydroxyl groups is 2. The molecule has 0 aliphatic carbocycles. The van der Waals surface area contributed by atoms with Crippen LogP contribution >= 0.6 is 23.2 Å². The molecule has 15 heavy (non-hydrogen) atoms. The second kappa shape index (κ2) is 6.84. The summed E-state index contributed by atoms with van der Waals surface area (Å²) in [6.07, 6.45) is -4.10. The molecule has 2 atom stereocenters. The Morgan fingerprint density at radius 1 is 1.20 bits per heavy atom. The summed E-state index contributed by atoms with van der Waals surface area (Å²) in [4.78, 5) is 21.8. The molecule has 0 aliphatic heterocycles. The molecule has 0 saturated heterocycles. The number of carbonyl (C=O) groups excluding carboxylic acids is 2. The lowest BCUT2D eigenvalue weighted by molar-refractivity contribution is -0.172. The lowest BCUT2D eigenvalue weighted by Gasteiger charge is -2.15. The van der Waals surface area contributed by atoms with E-state index in [1.54, 1.807) is 0 Å². The molecule has 0 aromatic heterocycles. The third kappa shape index (κ3) is 5.17. The van der Waals surface area contributed by atoms with Gasteiger partial charge in [-0.2, -0.15) is 0 Å². The van der Waals surface area contributed by atoms with Gasteiger partial charge in [-0.1, -0.05) is 23.2 Å². The van der Waals surface area contributed by atoms with Gasteiger partial charge in [-0.3, -0.25) is 0 Å². The predicted molar refractivity (Wildman–Crippen MR) is 50.2 cm³/mol. The Morgan fingerprint density at radius 3 is 2.07 bits per heavy atom. The molecule has 0 fully saturated rings. The summed E-state index contributed by atoms with van der Waals surface area (Å²) in [5.74, 6) is -2.45. The molecule has 0 aromatic carbocycles. The van der Waals surface area contributed by atoms with Crippen LogP contribution in [0.2, 0.25) is 0 Å². The average molecular weight is 261 g/mol. The molecule has 2 unspecified atom stereocenters. The van der Waals surface area contributed by atoms with Gasteiger partial charge in [0, 0.05) is 0 Å². The van der Waals surface area contributed by atoms with E-state index in [-0.39, 0.29) is 6.61 Å². The van der Waals surface area contributed by atoms with Gasteiger partial charge in [-0.15, -0.1) is 0 Å². The molecule has 88 valence electrons. The van der Waals surface area contributed by atoms with Crippen LogP contribution in [-0.4, -0.2) is 46.0 Å². The van der Waals surface area contributed by atoms with Gasteiger partial charge < -0.3 is 19.7 Å². The summed E-state index contributed by atoms with van der Waals surface area (Å²) in [6.45, 7) is 1.51. The Labute approximate surface area is 95.7 Å². The Balaban J connectivity index is 4.24. The van der Waals surface area contributed by atoms with E-state index < -0.39 is 29.2 Å². The Bertz CT molecular complexity index is 232. The zero-order valence-corrected chi connectivity index (χ0v) is 9.23. The summed E-state index contributed by atoms with van der Waals surface area (Å²) in [5.41, 5.74) is 0. The summed E-state index contributed by atoms with van der Waals surface area (Å²) < 4.78 is 8.49. The smallest absolute Gasteiger partial charge is 0.340 e. The minimum absolute atomic E-state index is 0.00526. The van der Waals surface area contributed by atoms with E-state index in [9.17, 15) is 9.59 Å². The van der Waals surface area contributed by atoms with Crippen LogP contribution in [0.4, 0.5) is 0 Å². The van der Waals surface area contributed by atoms with Crippen molar-refractivity contribution in [1.82, 2.24) is 0 Å². The summed E-state index contributed by atoms with van der Waals surface area (Å²) in [6, 6.07) is 0. The predicted octanol–water partition coefficient (Wildman–Crippen LogP) is -0.424. The quantitative estimate of drug-likeness (QED) is 0.515. The zero-order chi connectivity index (χ0) is 12.0. The van der Waals surface area contributed by atoms with Crippen molar-refractivity contribution in [2.45, 2.75) is 24.2 Å². The van der Waals surface area contributed by atoms with Crippen LogP contribution in [0.3, 0.4) is 0 Å². The summed E-state index contributed by atoms with van der Waals surface area (Å²) >= 11 is 10.2. The van der Waals surface area contributed by atoms with Crippen molar-refractivity contribution in [1.29, 1.82) is 0 Å². The monoisotopic (exact) mass is 260 g/mol. The molecular weight excluding hydrogens is 251 g/mol. The highest BCUT2D eigenvalue weighted by molar-refractivity contribution is 6.43. The minimum atomic E-state index is -2.08. The van der Waals surface area contributed by atoms with Gasteiger partial charge in [0.2, 0.25) is 0 Å². The number of aliphatic hydroxyl groups excluding tert-OH is 2. The molecule has 0 aromatic rings. The van der Waals surface area contributed by atoms with Crippen molar-refractivity contribution in [2.75, 3.05) is 6.61 Å². The Kier molecular flexibility index (Phi) is 6.58. The van der Waals surface area contributed by atoms with Gasteiger partial charge in [0.05, 0.1) is 6.61 Å². The maximum absolute atomic E-state index is 10.9. The van der Waals surface area contributed by atoms with Crippen molar-refractivity contribution >= 4 is 35.1 Å². The van der Waals surface area contributed by atoms with Crippen molar-refractivity contribution in [3.05, 3.63) is 0 Å². The van der Waals surface area contributed by atoms with E-state index in [1.165, 1.54) is 6.92 Å². The van der Waals surface area contributed by atoms with Crippen LogP contribution in [0.5, 0.6) is 0 Å². The van der Waals surface area contributed by atoms with Gasteiger partial charge in [0.1, 0.15) is 0 Å². The fraction of sp³-hybridized carbons (Fsp3) is 0.714. The average Bonchev–Trinajstić information content (AvgIpc) is 2.14. The van der Waals surface area contributed by atoms with Gasteiger partial charge in [-0.05, 0) is 6.92 Å². The SMILES string of the molecule is CCOC(=O)C(O)C(O)C(=O)OC(Cl)Cl. The normalized spacial score (nSPS) is 14.5. The molecule has 0 saturated carbocycles. The summed E-state index contributed by atoms with van der Waals surface area (Å²) in [7, 11) is 0. The van der Waals surface area contributed by atoms with E-state index >= 15 is 0 Å². The lowest BCUT2D eigenvalue weighted by atomic mass is 10.2. The fourth-order valence-corrected chi connectivity index (χ4v) is 0.819. The van der Waals surface area contributed by atoms with Gasteiger partial charge in [0.15, 0.2) is 12.2 Å². The highest BCUT2D eigenvalue weighted by Gasteiger charge is 2.33. The van der Waals surface area contributed by atoms with Gasteiger partial charge in [-0.25, -0.2) is 9.59 Å². The third-order valence-electron chi connectivity index (χ3n) is 1.27. The van der Waals surface area contributed by atoms with Crippen molar-refractivity contribution < 1.29 is 29.3 Å².